The van der Waals surface area contributed by atoms with Gasteiger partial charge in [-0.1, -0.05) is 18.2 Å². The lowest BCUT2D eigenvalue weighted by Gasteiger charge is -2.38. The van der Waals surface area contributed by atoms with Crippen LogP contribution >= 0.6 is 0 Å². The summed E-state index contributed by atoms with van der Waals surface area (Å²) in [5.74, 6) is -2.70. The highest BCUT2D eigenvalue weighted by Crippen LogP contribution is 2.42. The monoisotopic (exact) mass is 448 g/mol. The maximum absolute atomic E-state index is 13.6. The molecule has 2 aromatic rings. The van der Waals surface area contributed by atoms with Gasteiger partial charge in [-0.2, -0.15) is 5.10 Å². The zero-order valence-electron chi connectivity index (χ0n) is 19.6. The van der Waals surface area contributed by atoms with Gasteiger partial charge in [-0.05, 0) is 32.4 Å². The fourth-order valence-electron chi connectivity index (χ4n) is 4.39. The molecule has 0 unspecified atom stereocenters. The highest BCUT2D eigenvalue weighted by molar-refractivity contribution is 5.80. The average Bonchev–Trinajstić information content (AvgIpc) is 3.29. The van der Waals surface area contributed by atoms with Gasteiger partial charge in [0.2, 0.25) is 5.91 Å². The predicted octanol–water partition coefficient (Wildman–Crippen LogP) is 4.12. The van der Waals surface area contributed by atoms with Crippen molar-refractivity contribution in [2.45, 2.75) is 64.7 Å². The number of alkyl halides is 2. The van der Waals surface area contributed by atoms with Crippen LogP contribution in [0, 0.1) is 5.92 Å². The Bertz CT molecular complexity index is 917. The van der Waals surface area contributed by atoms with Crippen molar-refractivity contribution in [1.29, 1.82) is 0 Å². The van der Waals surface area contributed by atoms with E-state index in [4.69, 9.17) is 4.74 Å². The second kappa shape index (κ2) is 9.67. The molecule has 1 amide bonds. The van der Waals surface area contributed by atoms with Crippen molar-refractivity contribution in [2.75, 3.05) is 20.3 Å². The van der Waals surface area contributed by atoms with Gasteiger partial charge in [0.05, 0.1) is 25.4 Å². The number of amides is 1. The van der Waals surface area contributed by atoms with Crippen molar-refractivity contribution in [3.8, 4) is 0 Å². The van der Waals surface area contributed by atoms with E-state index in [2.05, 4.69) is 10.4 Å². The molecule has 0 aliphatic carbocycles. The van der Waals surface area contributed by atoms with Crippen molar-refractivity contribution in [1.82, 2.24) is 20.0 Å². The molecule has 0 spiro atoms. The summed E-state index contributed by atoms with van der Waals surface area (Å²) in [4.78, 5) is 14.9. The van der Waals surface area contributed by atoms with E-state index in [1.807, 2.05) is 48.8 Å². The molecule has 8 heteroatoms. The number of ether oxygens (including phenoxy) is 1. The third-order valence-corrected chi connectivity index (χ3v) is 5.84. The molecule has 3 rings (SSSR count). The Hall–Kier alpha value is -2.32. The summed E-state index contributed by atoms with van der Waals surface area (Å²) in [6.45, 7) is 9.30. The first-order valence-electron chi connectivity index (χ1n) is 11.0. The lowest BCUT2D eigenvalue weighted by Crippen LogP contribution is -2.44. The molecular formula is C24H34F2N4O2. The molecule has 1 aromatic carbocycles. The number of rotatable bonds is 9. The van der Waals surface area contributed by atoms with Crippen LogP contribution in [0.4, 0.5) is 8.78 Å². The van der Waals surface area contributed by atoms with E-state index < -0.39 is 5.92 Å². The van der Waals surface area contributed by atoms with E-state index in [0.717, 1.165) is 18.1 Å². The number of hydrogen-bond acceptors (Lipinski definition) is 4. The Labute approximate surface area is 188 Å². The molecule has 0 radical (unpaired) electrons. The van der Waals surface area contributed by atoms with Crippen LogP contribution in [0.3, 0.4) is 0 Å². The van der Waals surface area contributed by atoms with Gasteiger partial charge in [-0.25, -0.2) is 8.78 Å². The van der Waals surface area contributed by atoms with Crippen LogP contribution in [-0.4, -0.2) is 46.4 Å². The van der Waals surface area contributed by atoms with Crippen LogP contribution < -0.4 is 5.32 Å². The molecule has 2 heterocycles. The van der Waals surface area contributed by atoms with Crippen LogP contribution in [-0.2, 0) is 28.5 Å². The maximum Gasteiger partial charge on any atom is 0.270 e. The van der Waals surface area contributed by atoms with Gasteiger partial charge in [0.1, 0.15) is 0 Å². The van der Waals surface area contributed by atoms with Crippen LogP contribution in [0.5, 0.6) is 0 Å². The van der Waals surface area contributed by atoms with Gasteiger partial charge < -0.3 is 15.0 Å². The number of benzene rings is 1. The molecule has 1 aromatic heterocycles. The number of nitrogens with zero attached hydrogens (tertiary/aromatic N) is 3. The van der Waals surface area contributed by atoms with E-state index in [1.165, 1.54) is 12.1 Å². The summed E-state index contributed by atoms with van der Waals surface area (Å²) < 4.78 is 34.3. The van der Waals surface area contributed by atoms with Gasteiger partial charge in [-0.3, -0.25) is 9.48 Å². The van der Waals surface area contributed by atoms with Crippen LogP contribution in [0.25, 0.3) is 0 Å². The van der Waals surface area contributed by atoms with Gasteiger partial charge in [0.15, 0.2) is 0 Å². The van der Waals surface area contributed by atoms with Gasteiger partial charge in [0.25, 0.3) is 5.92 Å². The van der Waals surface area contributed by atoms with E-state index in [-0.39, 0.29) is 29.0 Å². The summed E-state index contributed by atoms with van der Waals surface area (Å²) in [7, 11) is 1.65. The highest BCUT2D eigenvalue weighted by Gasteiger charge is 2.45. The van der Waals surface area contributed by atoms with Crippen molar-refractivity contribution >= 4 is 5.91 Å². The summed E-state index contributed by atoms with van der Waals surface area (Å²) in [5.41, 5.74) is 1.48. The first kappa shape index (κ1) is 24.3. The second-order valence-corrected chi connectivity index (χ2v) is 9.59. The third-order valence-electron chi connectivity index (χ3n) is 5.84. The number of carbonyl (C=O) groups excluding carboxylic acids is 1. The number of likely N-dealkylation sites (tertiary alicyclic amines) is 1. The van der Waals surface area contributed by atoms with Gasteiger partial charge >= 0.3 is 0 Å². The normalized spacial score (nSPS) is 19.7. The van der Waals surface area contributed by atoms with E-state index in [1.54, 1.807) is 13.2 Å². The molecule has 1 saturated heterocycles. The minimum absolute atomic E-state index is 0.00750. The van der Waals surface area contributed by atoms with E-state index in [0.29, 0.717) is 32.7 Å². The first-order chi connectivity index (χ1) is 15.0. The zero-order chi connectivity index (χ0) is 23.5. The summed E-state index contributed by atoms with van der Waals surface area (Å²) >= 11 is 0. The SMILES string of the molecule is COCCn1cc([C@@H]2[C@@H](CNCc3cccc(C(C)(F)F)c3)CC(=O)N2C(C)(C)C)cn1. The Balaban J connectivity index is 1.74. The van der Waals surface area contributed by atoms with Crippen molar-refractivity contribution in [3.05, 3.63) is 53.3 Å². The molecule has 1 aliphatic heterocycles. The van der Waals surface area contributed by atoms with E-state index in [9.17, 15) is 13.6 Å². The zero-order valence-corrected chi connectivity index (χ0v) is 19.6. The van der Waals surface area contributed by atoms with Crippen molar-refractivity contribution in [3.63, 3.8) is 0 Å². The molecule has 0 saturated carbocycles. The van der Waals surface area contributed by atoms with Crippen LogP contribution in [0.1, 0.15) is 56.8 Å². The van der Waals surface area contributed by atoms with Gasteiger partial charge in [0, 0.05) is 62.3 Å². The minimum atomic E-state index is -2.87. The third kappa shape index (κ3) is 5.72. The lowest BCUT2D eigenvalue weighted by atomic mass is 9.93. The second-order valence-electron chi connectivity index (χ2n) is 9.59. The standard InChI is InChI=1S/C24H34F2N4O2/c1-23(2,3)30-21(31)12-18(22(30)19-15-28-29(16-19)9-10-32-5)14-27-13-17-7-6-8-20(11-17)24(4,25)26/h6-8,11,15-16,18,22,27H,9-10,12-14H2,1-5H3/t18-,22+/m1/s1. The molecule has 1 fully saturated rings. The molecule has 6 nitrogen and oxygen atoms in total. The number of nitrogens with one attached hydrogen (secondary N) is 1. The predicted molar refractivity (Wildman–Crippen MR) is 119 cm³/mol. The summed E-state index contributed by atoms with van der Waals surface area (Å²) in [5, 5.41) is 7.83. The van der Waals surface area contributed by atoms with E-state index >= 15 is 0 Å². The number of aromatic nitrogens is 2. The summed E-state index contributed by atoms with van der Waals surface area (Å²) in [6, 6.07) is 6.36. The van der Waals surface area contributed by atoms with Crippen molar-refractivity contribution < 1.29 is 18.3 Å². The Kier molecular flexibility index (Phi) is 7.35. The smallest absolute Gasteiger partial charge is 0.270 e. The number of hydrogen-bond donors (Lipinski definition) is 1. The fourth-order valence-corrected chi connectivity index (χ4v) is 4.39. The number of carbonyl (C=O) groups is 1. The molecule has 1 aliphatic rings. The number of methoxy groups -OCH3 is 1. The number of halogens is 2. The maximum atomic E-state index is 13.6. The minimum Gasteiger partial charge on any atom is -0.383 e. The van der Waals surface area contributed by atoms with Crippen molar-refractivity contribution in [2.24, 2.45) is 5.92 Å². The molecule has 0 bridgehead atoms. The Morgan fingerprint density at radius 3 is 2.66 bits per heavy atom. The topological polar surface area (TPSA) is 59.4 Å². The average molecular weight is 449 g/mol. The largest absolute Gasteiger partial charge is 0.383 e. The van der Waals surface area contributed by atoms with Crippen LogP contribution in [0.15, 0.2) is 36.7 Å². The highest BCUT2D eigenvalue weighted by atomic mass is 19.3. The fraction of sp³-hybridized carbons (Fsp3) is 0.583. The lowest BCUT2D eigenvalue weighted by molar-refractivity contribution is -0.133. The molecular weight excluding hydrogens is 414 g/mol. The quantitative estimate of drug-likeness (QED) is 0.627. The molecule has 1 N–H and O–H groups in total. The molecule has 176 valence electrons. The Morgan fingerprint density at radius 1 is 1.25 bits per heavy atom. The summed E-state index contributed by atoms with van der Waals surface area (Å²) in [6.07, 6.45) is 4.25. The first-order valence-corrected chi connectivity index (χ1v) is 11.0. The Morgan fingerprint density at radius 2 is 2.00 bits per heavy atom. The molecule has 32 heavy (non-hydrogen) atoms. The van der Waals surface area contributed by atoms with Gasteiger partial charge in [-0.15, -0.1) is 0 Å². The molecule has 2 atom stereocenters. The van der Waals surface area contributed by atoms with Crippen LogP contribution in [0.2, 0.25) is 0 Å².